The van der Waals surface area contributed by atoms with Crippen LogP contribution in [0.25, 0.3) is 63.7 Å². The highest BCUT2D eigenvalue weighted by Gasteiger charge is 2.29. The molecule has 11 rings (SSSR count). The van der Waals surface area contributed by atoms with E-state index in [9.17, 15) is 0 Å². The second-order valence-electron chi connectivity index (χ2n) is 13.7. The Morgan fingerprint density at radius 2 is 0.852 bits per heavy atom. The summed E-state index contributed by atoms with van der Waals surface area (Å²) in [5.74, 6) is 0. The number of nitrogens with zero attached hydrogens (tertiary/aromatic N) is 2. The van der Waals surface area contributed by atoms with Crippen molar-refractivity contribution in [2.45, 2.75) is 0 Å². The predicted octanol–water partition coefficient (Wildman–Crippen LogP) is 15.2. The SMILES string of the molecule is c1ccc(N(c2ccc3c(c2)oc2ccccc23)c2c(N(c3ccccc3)c3cccc4c3sc3ccccc34)c3ccccc3c3ccccc23)cc1. The van der Waals surface area contributed by atoms with E-state index in [2.05, 4.69) is 192 Å². The first-order chi connectivity index (χ1) is 26.8. The number of thiophene rings is 1. The van der Waals surface area contributed by atoms with Crippen LogP contribution in [0.5, 0.6) is 0 Å². The summed E-state index contributed by atoms with van der Waals surface area (Å²) in [5, 5.41) is 9.49. The van der Waals surface area contributed by atoms with Gasteiger partial charge in [0.05, 0.1) is 21.8 Å². The highest BCUT2D eigenvalue weighted by Crippen LogP contribution is 2.55. The zero-order valence-corrected chi connectivity index (χ0v) is 30.0. The van der Waals surface area contributed by atoms with Crippen LogP contribution in [0.15, 0.2) is 199 Å². The Labute approximate surface area is 316 Å². The first kappa shape index (κ1) is 30.7. The van der Waals surface area contributed by atoms with Gasteiger partial charge in [-0.1, -0.05) is 133 Å². The molecule has 9 aromatic carbocycles. The fourth-order valence-electron chi connectivity index (χ4n) is 8.27. The van der Waals surface area contributed by atoms with E-state index >= 15 is 0 Å². The highest BCUT2D eigenvalue weighted by atomic mass is 32.1. The molecule has 0 amide bonds. The van der Waals surface area contributed by atoms with E-state index in [4.69, 9.17) is 4.42 Å². The molecule has 0 aliphatic carbocycles. The van der Waals surface area contributed by atoms with Crippen LogP contribution in [0.4, 0.5) is 34.1 Å². The molecule has 4 heteroatoms. The predicted molar refractivity (Wildman–Crippen MR) is 231 cm³/mol. The van der Waals surface area contributed by atoms with Crippen LogP contribution < -0.4 is 9.80 Å². The molecule has 254 valence electrons. The molecule has 0 radical (unpaired) electrons. The van der Waals surface area contributed by atoms with E-state index < -0.39 is 0 Å². The van der Waals surface area contributed by atoms with Crippen LogP contribution in [0, 0.1) is 0 Å². The van der Waals surface area contributed by atoms with Crippen molar-refractivity contribution in [3.05, 3.63) is 194 Å². The minimum atomic E-state index is 0.858. The zero-order chi connectivity index (χ0) is 35.6. The van der Waals surface area contributed by atoms with Crippen molar-refractivity contribution >= 4 is 109 Å². The first-order valence-corrected chi connectivity index (χ1v) is 19.1. The van der Waals surface area contributed by atoms with Gasteiger partial charge in [0, 0.05) is 60.1 Å². The first-order valence-electron chi connectivity index (χ1n) is 18.3. The standard InChI is InChI=1S/C50H32N2OS/c1-3-16-33(17-4-1)51(35-30-31-39-38-22-11-13-28-45(38)53-46(39)32-35)48-41-24-9-7-20-36(41)37-21-8-10-25-42(37)49(48)52(34-18-5-2-6-19-34)44-27-15-26-43-40-23-12-14-29-47(40)54-50(43)44/h1-32H. The van der Waals surface area contributed by atoms with Gasteiger partial charge in [0.25, 0.3) is 0 Å². The summed E-state index contributed by atoms with van der Waals surface area (Å²) in [7, 11) is 0. The molecule has 0 saturated heterocycles. The van der Waals surface area contributed by atoms with Gasteiger partial charge in [-0.3, -0.25) is 0 Å². The molecule has 0 atom stereocenters. The maximum absolute atomic E-state index is 6.53. The van der Waals surface area contributed by atoms with Crippen molar-refractivity contribution in [3.63, 3.8) is 0 Å². The van der Waals surface area contributed by atoms with Gasteiger partial charge in [-0.2, -0.15) is 0 Å². The molecule has 0 saturated carbocycles. The third-order valence-electron chi connectivity index (χ3n) is 10.6. The van der Waals surface area contributed by atoms with Gasteiger partial charge in [0.1, 0.15) is 11.2 Å². The molecule has 0 fully saturated rings. The lowest BCUT2D eigenvalue weighted by molar-refractivity contribution is 0.669. The molecule has 2 aromatic heterocycles. The van der Waals surface area contributed by atoms with Crippen molar-refractivity contribution in [1.29, 1.82) is 0 Å². The monoisotopic (exact) mass is 708 g/mol. The van der Waals surface area contributed by atoms with Crippen LogP contribution in [0.2, 0.25) is 0 Å². The number of furan rings is 1. The van der Waals surface area contributed by atoms with E-state index in [1.165, 1.54) is 36.3 Å². The number of rotatable bonds is 6. The lowest BCUT2D eigenvalue weighted by Crippen LogP contribution is -2.18. The van der Waals surface area contributed by atoms with Gasteiger partial charge in [-0.15, -0.1) is 11.3 Å². The summed E-state index contributed by atoms with van der Waals surface area (Å²) >= 11 is 1.86. The Bertz CT molecular complexity index is 3180. The topological polar surface area (TPSA) is 19.6 Å². The fraction of sp³-hybridized carbons (Fsp3) is 0. The second-order valence-corrected chi connectivity index (χ2v) is 14.7. The van der Waals surface area contributed by atoms with E-state index in [0.717, 1.165) is 61.4 Å². The van der Waals surface area contributed by atoms with Crippen LogP contribution in [-0.2, 0) is 0 Å². The maximum Gasteiger partial charge on any atom is 0.137 e. The van der Waals surface area contributed by atoms with Gasteiger partial charge in [0.2, 0.25) is 0 Å². The third kappa shape index (κ3) is 4.74. The van der Waals surface area contributed by atoms with Gasteiger partial charge in [-0.05, 0) is 65.4 Å². The van der Waals surface area contributed by atoms with Gasteiger partial charge in [0.15, 0.2) is 0 Å². The van der Waals surface area contributed by atoms with Crippen molar-refractivity contribution < 1.29 is 4.42 Å². The Morgan fingerprint density at radius 1 is 0.333 bits per heavy atom. The Morgan fingerprint density at radius 3 is 1.56 bits per heavy atom. The van der Waals surface area contributed by atoms with E-state index in [1.807, 2.05) is 23.5 Å². The van der Waals surface area contributed by atoms with Gasteiger partial charge >= 0.3 is 0 Å². The van der Waals surface area contributed by atoms with E-state index in [-0.39, 0.29) is 0 Å². The molecule has 0 spiro atoms. The number of fused-ring (bicyclic) bond motifs is 9. The third-order valence-corrected chi connectivity index (χ3v) is 11.8. The number of anilines is 6. The van der Waals surface area contributed by atoms with Gasteiger partial charge < -0.3 is 14.2 Å². The van der Waals surface area contributed by atoms with Gasteiger partial charge in [-0.25, -0.2) is 0 Å². The summed E-state index contributed by atoms with van der Waals surface area (Å²) in [6.45, 7) is 0. The summed E-state index contributed by atoms with van der Waals surface area (Å²) in [6, 6.07) is 69.8. The zero-order valence-electron chi connectivity index (χ0n) is 29.2. The lowest BCUT2D eigenvalue weighted by Gasteiger charge is -2.35. The molecule has 0 bridgehead atoms. The number of para-hydroxylation sites is 3. The van der Waals surface area contributed by atoms with Crippen molar-refractivity contribution in [2.75, 3.05) is 9.80 Å². The smallest absolute Gasteiger partial charge is 0.137 e. The molecule has 2 heterocycles. The fourth-order valence-corrected chi connectivity index (χ4v) is 9.48. The number of hydrogen-bond donors (Lipinski definition) is 0. The highest BCUT2D eigenvalue weighted by molar-refractivity contribution is 7.26. The summed E-state index contributed by atoms with van der Waals surface area (Å²) in [6.07, 6.45) is 0. The molecule has 11 aromatic rings. The van der Waals surface area contributed by atoms with Crippen LogP contribution in [0.1, 0.15) is 0 Å². The molecular weight excluding hydrogens is 677 g/mol. The minimum Gasteiger partial charge on any atom is -0.456 e. The summed E-state index contributed by atoms with van der Waals surface area (Å²) in [4.78, 5) is 4.93. The molecule has 0 unspecified atom stereocenters. The molecule has 54 heavy (non-hydrogen) atoms. The van der Waals surface area contributed by atoms with Crippen LogP contribution in [0.3, 0.4) is 0 Å². The van der Waals surface area contributed by atoms with Crippen molar-refractivity contribution in [1.82, 2.24) is 0 Å². The van der Waals surface area contributed by atoms with Crippen LogP contribution in [-0.4, -0.2) is 0 Å². The molecule has 0 N–H and O–H groups in total. The molecular formula is C50H32N2OS. The number of hydrogen-bond acceptors (Lipinski definition) is 4. The average molecular weight is 709 g/mol. The average Bonchev–Trinajstić information content (AvgIpc) is 3.81. The minimum absolute atomic E-state index is 0.858. The Hall–Kier alpha value is -6.88. The van der Waals surface area contributed by atoms with E-state index in [1.54, 1.807) is 0 Å². The van der Waals surface area contributed by atoms with Crippen molar-refractivity contribution in [2.24, 2.45) is 0 Å². The number of benzene rings is 9. The molecule has 0 aliphatic rings. The van der Waals surface area contributed by atoms with Crippen molar-refractivity contribution in [3.8, 4) is 0 Å². The molecule has 3 nitrogen and oxygen atoms in total. The lowest BCUT2D eigenvalue weighted by atomic mass is 9.95. The van der Waals surface area contributed by atoms with Crippen LogP contribution >= 0.6 is 11.3 Å². The summed E-state index contributed by atoms with van der Waals surface area (Å²) in [5.41, 5.74) is 8.25. The Kier molecular flexibility index (Phi) is 7.04. The Balaban J connectivity index is 1.31. The normalized spacial score (nSPS) is 11.7. The summed E-state index contributed by atoms with van der Waals surface area (Å²) < 4.78 is 9.06. The quantitative estimate of drug-likeness (QED) is 0.127. The maximum atomic E-state index is 6.53. The molecule has 0 aliphatic heterocycles. The second kappa shape index (κ2) is 12.4. The largest absolute Gasteiger partial charge is 0.456 e. The van der Waals surface area contributed by atoms with E-state index in [0.29, 0.717) is 0 Å².